The van der Waals surface area contributed by atoms with Crippen molar-refractivity contribution in [1.29, 1.82) is 0 Å². The van der Waals surface area contributed by atoms with Crippen LogP contribution >= 0.6 is 0 Å². The molecule has 7 nitrogen and oxygen atoms in total. The lowest BCUT2D eigenvalue weighted by atomic mass is 10.0. The number of anilines is 1. The van der Waals surface area contributed by atoms with Gasteiger partial charge in [0.2, 0.25) is 0 Å². The first-order valence-corrected chi connectivity index (χ1v) is 10.2. The summed E-state index contributed by atoms with van der Waals surface area (Å²) in [5.74, 6) is -2.38. The molecule has 0 unspecified atom stereocenters. The van der Waals surface area contributed by atoms with Gasteiger partial charge in [-0.2, -0.15) is 0 Å². The molecular weight excluding hydrogens is 396 g/mol. The molecular formula is C24H26N2O5. The summed E-state index contributed by atoms with van der Waals surface area (Å²) < 4.78 is 5.17. The van der Waals surface area contributed by atoms with E-state index in [1.807, 2.05) is 12.1 Å². The van der Waals surface area contributed by atoms with Crippen molar-refractivity contribution in [2.45, 2.75) is 39.7 Å². The van der Waals surface area contributed by atoms with E-state index < -0.39 is 36.3 Å². The highest BCUT2D eigenvalue weighted by Crippen LogP contribution is 2.27. The van der Waals surface area contributed by atoms with Crippen molar-refractivity contribution in [3.8, 4) is 0 Å². The molecule has 0 aliphatic carbocycles. The fraction of sp³-hybridized carbons (Fsp3) is 0.333. The van der Waals surface area contributed by atoms with E-state index in [0.29, 0.717) is 11.6 Å². The second kappa shape index (κ2) is 9.12. The number of esters is 1. The number of carbonyl (C=O) groups excluding carboxylic acids is 4. The number of ether oxygens (including phenoxy) is 1. The first-order valence-electron chi connectivity index (χ1n) is 10.2. The largest absolute Gasteiger partial charge is 0.454 e. The van der Waals surface area contributed by atoms with Gasteiger partial charge in [0.25, 0.3) is 17.7 Å². The zero-order chi connectivity index (χ0) is 22.7. The molecule has 0 bridgehead atoms. The van der Waals surface area contributed by atoms with E-state index in [4.69, 9.17) is 4.74 Å². The van der Waals surface area contributed by atoms with Crippen LogP contribution in [0.3, 0.4) is 0 Å². The van der Waals surface area contributed by atoms with E-state index >= 15 is 0 Å². The first kappa shape index (κ1) is 22.2. The topological polar surface area (TPSA) is 92.8 Å². The van der Waals surface area contributed by atoms with Gasteiger partial charge in [0.15, 0.2) is 6.61 Å². The summed E-state index contributed by atoms with van der Waals surface area (Å²) in [6, 6.07) is 12.7. The van der Waals surface area contributed by atoms with Gasteiger partial charge < -0.3 is 10.1 Å². The Kier molecular flexibility index (Phi) is 6.53. The molecule has 1 atom stereocenters. The fourth-order valence-electron chi connectivity index (χ4n) is 3.51. The molecule has 2 aromatic rings. The van der Waals surface area contributed by atoms with E-state index in [0.717, 1.165) is 10.5 Å². The number of amides is 3. The fourth-order valence-corrected chi connectivity index (χ4v) is 3.51. The number of hydrogen-bond acceptors (Lipinski definition) is 5. The van der Waals surface area contributed by atoms with Crippen molar-refractivity contribution in [2.24, 2.45) is 5.92 Å². The predicted octanol–water partition coefficient (Wildman–Crippen LogP) is 3.61. The van der Waals surface area contributed by atoms with Crippen LogP contribution in [0.1, 0.15) is 59.9 Å². The average Bonchev–Trinajstić information content (AvgIpc) is 2.98. The van der Waals surface area contributed by atoms with E-state index in [2.05, 4.69) is 19.2 Å². The molecule has 1 aliphatic heterocycles. The molecule has 1 N–H and O–H groups in total. The average molecular weight is 422 g/mol. The van der Waals surface area contributed by atoms with Crippen LogP contribution in [0.2, 0.25) is 0 Å². The molecule has 0 saturated carbocycles. The molecule has 0 radical (unpaired) electrons. The third-order valence-corrected chi connectivity index (χ3v) is 5.18. The molecule has 3 rings (SSSR count). The highest BCUT2D eigenvalue weighted by Gasteiger charge is 2.44. The molecule has 162 valence electrons. The molecule has 3 amide bonds. The van der Waals surface area contributed by atoms with Crippen LogP contribution in [-0.4, -0.2) is 41.2 Å². The van der Waals surface area contributed by atoms with Crippen LogP contribution < -0.4 is 5.32 Å². The Morgan fingerprint density at radius 3 is 1.94 bits per heavy atom. The second-order valence-electron chi connectivity index (χ2n) is 8.15. The van der Waals surface area contributed by atoms with Crippen molar-refractivity contribution < 1.29 is 23.9 Å². The van der Waals surface area contributed by atoms with E-state index in [-0.39, 0.29) is 17.0 Å². The van der Waals surface area contributed by atoms with E-state index in [1.54, 1.807) is 50.2 Å². The molecule has 1 heterocycles. The maximum Gasteiger partial charge on any atom is 0.330 e. The Labute approximate surface area is 181 Å². The number of hydrogen-bond donors (Lipinski definition) is 1. The lowest BCUT2D eigenvalue weighted by Crippen LogP contribution is -2.49. The highest BCUT2D eigenvalue weighted by molar-refractivity contribution is 6.22. The van der Waals surface area contributed by atoms with E-state index in [1.165, 1.54) is 0 Å². The number of rotatable bonds is 7. The minimum Gasteiger partial charge on any atom is -0.454 e. The van der Waals surface area contributed by atoms with Gasteiger partial charge in [0, 0.05) is 5.69 Å². The molecule has 2 aromatic carbocycles. The van der Waals surface area contributed by atoms with Gasteiger partial charge in [-0.05, 0) is 41.7 Å². The lowest BCUT2D eigenvalue weighted by Gasteiger charge is -2.27. The van der Waals surface area contributed by atoms with Crippen molar-refractivity contribution in [2.75, 3.05) is 11.9 Å². The highest BCUT2D eigenvalue weighted by atomic mass is 16.5. The smallest absolute Gasteiger partial charge is 0.330 e. The van der Waals surface area contributed by atoms with Gasteiger partial charge in [-0.1, -0.05) is 52.0 Å². The summed E-state index contributed by atoms with van der Waals surface area (Å²) in [6.45, 7) is 7.06. The van der Waals surface area contributed by atoms with Gasteiger partial charge in [0.1, 0.15) is 6.04 Å². The summed E-state index contributed by atoms with van der Waals surface area (Å²) in [6.07, 6.45) is 0. The third-order valence-electron chi connectivity index (χ3n) is 5.18. The summed E-state index contributed by atoms with van der Waals surface area (Å²) >= 11 is 0. The lowest BCUT2D eigenvalue weighted by molar-refractivity contribution is -0.152. The van der Waals surface area contributed by atoms with Gasteiger partial charge in [-0.3, -0.25) is 19.3 Å². The molecule has 31 heavy (non-hydrogen) atoms. The molecule has 1 aliphatic rings. The zero-order valence-electron chi connectivity index (χ0n) is 18.0. The second-order valence-corrected chi connectivity index (χ2v) is 8.15. The SMILES string of the molecule is CC(C)c1ccc(NC(=O)COC(=O)[C@@H](C(C)C)N2C(=O)c3ccccc3C2=O)cc1. The Morgan fingerprint density at radius 2 is 1.45 bits per heavy atom. The number of nitrogens with zero attached hydrogens (tertiary/aromatic N) is 1. The quantitative estimate of drug-likeness (QED) is 0.544. The maximum absolute atomic E-state index is 12.7. The van der Waals surface area contributed by atoms with Crippen molar-refractivity contribution in [3.63, 3.8) is 0 Å². The van der Waals surface area contributed by atoms with Crippen LogP contribution in [0.4, 0.5) is 5.69 Å². The Balaban J connectivity index is 1.64. The molecule has 0 fully saturated rings. The summed E-state index contributed by atoms with van der Waals surface area (Å²) in [5.41, 5.74) is 2.25. The number of fused-ring (bicyclic) bond motifs is 1. The summed E-state index contributed by atoms with van der Waals surface area (Å²) in [4.78, 5) is 51.4. The van der Waals surface area contributed by atoms with Crippen LogP contribution in [0.5, 0.6) is 0 Å². The summed E-state index contributed by atoms with van der Waals surface area (Å²) in [7, 11) is 0. The Bertz CT molecular complexity index is 976. The normalized spacial score (nSPS) is 14.1. The zero-order valence-corrected chi connectivity index (χ0v) is 18.0. The maximum atomic E-state index is 12.7. The van der Waals surface area contributed by atoms with Crippen molar-refractivity contribution >= 4 is 29.4 Å². The predicted molar refractivity (Wildman–Crippen MR) is 116 cm³/mol. The number of nitrogens with one attached hydrogen (secondary N) is 1. The number of carbonyl (C=O) groups is 4. The van der Waals surface area contributed by atoms with Crippen LogP contribution in [-0.2, 0) is 14.3 Å². The molecule has 0 aromatic heterocycles. The minimum atomic E-state index is -1.12. The molecule has 0 saturated heterocycles. The van der Waals surface area contributed by atoms with Crippen LogP contribution in [0.15, 0.2) is 48.5 Å². The Hall–Kier alpha value is -3.48. The van der Waals surface area contributed by atoms with E-state index in [9.17, 15) is 19.2 Å². The standard InChI is InChI=1S/C24H26N2O5/c1-14(2)16-9-11-17(12-10-16)25-20(27)13-31-24(30)21(15(3)4)26-22(28)18-7-5-6-8-19(18)23(26)29/h5-12,14-15,21H,13H2,1-4H3,(H,25,27)/t21-/m1/s1. The van der Waals surface area contributed by atoms with Crippen LogP contribution in [0, 0.1) is 5.92 Å². The van der Waals surface area contributed by atoms with Crippen molar-refractivity contribution in [3.05, 3.63) is 65.2 Å². The van der Waals surface area contributed by atoms with Crippen LogP contribution in [0.25, 0.3) is 0 Å². The Morgan fingerprint density at radius 1 is 0.903 bits per heavy atom. The van der Waals surface area contributed by atoms with Gasteiger partial charge >= 0.3 is 5.97 Å². The first-order chi connectivity index (χ1) is 14.7. The van der Waals surface area contributed by atoms with Crippen molar-refractivity contribution in [1.82, 2.24) is 4.90 Å². The number of imide groups is 1. The third kappa shape index (κ3) is 4.66. The number of benzene rings is 2. The summed E-state index contributed by atoms with van der Waals surface area (Å²) in [5, 5.41) is 2.67. The molecule has 0 spiro atoms. The minimum absolute atomic E-state index is 0.258. The monoisotopic (exact) mass is 422 g/mol. The van der Waals surface area contributed by atoms with Gasteiger partial charge in [-0.15, -0.1) is 0 Å². The van der Waals surface area contributed by atoms with Gasteiger partial charge in [-0.25, -0.2) is 4.79 Å². The van der Waals surface area contributed by atoms with Gasteiger partial charge in [0.05, 0.1) is 11.1 Å². The molecule has 7 heteroatoms.